The standard InChI is InChI=1S/C26H30N2O6/c1-26(2,3)20-11-9-19(10-12-20)25(33)28-23(31)17-34-24(32)15-16-27-22(30)14-13-21(29)18-7-5-4-6-8-18/h4-12H,13-17H2,1-3H3,(H,27,30)(H,28,31,33). The van der Waals surface area contributed by atoms with Gasteiger partial charge in [-0.3, -0.25) is 29.3 Å². The van der Waals surface area contributed by atoms with E-state index >= 15 is 0 Å². The van der Waals surface area contributed by atoms with Crippen molar-refractivity contribution in [1.29, 1.82) is 0 Å². The first kappa shape index (κ1) is 26.4. The smallest absolute Gasteiger partial charge is 0.308 e. The van der Waals surface area contributed by atoms with E-state index in [0.717, 1.165) is 5.56 Å². The van der Waals surface area contributed by atoms with Crippen LogP contribution in [-0.2, 0) is 24.5 Å². The number of amides is 3. The van der Waals surface area contributed by atoms with E-state index in [1.54, 1.807) is 42.5 Å². The average Bonchev–Trinajstić information content (AvgIpc) is 2.81. The Labute approximate surface area is 199 Å². The van der Waals surface area contributed by atoms with Gasteiger partial charge in [0.2, 0.25) is 5.91 Å². The minimum absolute atomic E-state index is 0.00399. The Bertz CT molecular complexity index is 1020. The summed E-state index contributed by atoms with van der Waals surface area (Å²) in [7, 11) is 0. The lowest BCUT2D eigenvalue weighted by Crippen LogP contribution is -2.34. The fourth-order valence-corrected chi connectivity index (χ4v) is 2.96. The average molecular weight is 467 g/mol. The second-order valence-electron chi connectivity index (χ2n) is 8.75. The number of nitrogens with one attached hydrogen (secondary N) is 2. The lowest BCUT2D eigenvalue weighted by molar-refractivity contribution is -0.148. The maximum atomic E-state index is 12.2. The van der Waals surface area contributed by atoms with Gasteiger partial charge in [-0.05, 0) is 23.1 Å². The van der Waals surface area contributed by atoms with Crippen molar-refractivity contribution in [3.8, 4) is 0 Å². The number of rotatable bonds is 10. The van der Waals surface area contributed by atoms with Gasteiger partial charge in [0.05, 0.1) is 6.42 Å². The van der Waals surface area contributed by atoms with E-state index in [2.05, 4.69) is 31.4 Å². The van der Waals surface area contributed by atoms with Gasteiger partial charge < -0.3 is 10.1 Å². The van der Waals surface area contributed by atoms with Gasteiger partial charge in [-0.2, -0.15) is 0 Å². The van der Waals surface area contributed by atoms with Crippen LogP contribution < -0.4 is 10.6 Å². The van der Waals surface area contributed by atoms with E-state index in [0.29, 0.717) is 11.1 Å². The molecule has 2 aromatic rings. The van der Waals surface area contributed by atoms with Gasteiger partial charge in [0.1, 0.15) is 0 Å². The number of esters is 1. The van der Waals surface area contributed by atoms with Crippen molar-refractivity contribution >= 4 is 29.5 Å². The van der Waals surface area contributed by atoms with Gasteiger partial charge in [0, 0.05) is 30.5 Å². The molecule has 0 heterocycles. The van der Waals surface area contributed by atoms with Crippen LogP contribution in [-0.4, -0.2) is 42.6 Å². The van der Waals surface area contributed by atoms with E-state index < -0.39 is 24.4 Å². The Morgan fingerprint density at radius 1 is 0.765 bits per heavy atom. The molecule has 8 nitrogen and oxygen atoms in total. The molecule has 0 aromatic heterocycles. The summed E-state index contributed by atoms with van der Waals surface area (Å²) in [5.41, 5.74) is 1.86. The van der Waals surface area contributed by atoms with E-state index in [1.807, 2.05) is 12.1 Å². The van der Waals surface area contributed by atoms with Crippen molar-refractivity contribution in [2.75, 3.05) is 13.2 Å². The number of carbonyl (C=O) groups is 5. The fourth-order valence-electron chi connectivity index (χ4n) is 2.96. The molecule has 8 heteroatoms. The Hall–Kier alpha value is -3.81. The van der Waals surface area contributed by atoms with Crippen LogP contribution in [0.5, 0.6) is 0 Å². The number of hydrogen-bond donors (Lipinski definition) is 2. The van der Waals surface area contributed by atoms with E-state index in [-0.39, 0.29) is 42.9 Å². The van der Waals surface area contributed by atoms with Crippen LogP contribution in [0.1, 0.15) is 66.3 Å². The van der Waals surface area contributed by atoms with Crippen LogP contribution in [0.4, 0.5) is 0 Å². The van der Waals surface area contributed by atoms with Crippen molar-refractivity contribution in [2.24, 2.45) is 0 Å². The van der Waals surface area contributed by atoms with Crippen LogP contribution in [0.3, 0.4) is 0 Å². The number of Topliss-reactive ketones (excluding diaryl/α,β-unsaturated/α-hetero) is 1. The summed E-state index contributed by atoms with van der Waals surface area (Å²) < 4.78 is 4.83. The molecule has 0 saturated heterocycles. The third kappa shape index (κ3) is 8.97. The molecule has 34 heavy (non-hydrogen) atoms. The lowest BCUT2D eigenvalue weighted by Gasteiger charge is -2.18. The van der Waals surface area contributed by atoms with Crippen LogP contribution in [0.15, 0.2) is 54.6 Å². The molecule has 180 valence electrons. The quantitative estimate of drug-likeness (QED) is 0.411. The summed E-state index contributed by atoms with van der Waals surface area (Å²) in [6.45, 7) is 5.57. The highest BCUT2D eigenvalue weighted by Crippen LogP contribution is 2.22. The van der Waals surface area contributed by atoms with Gasteiger partial charge in [-0.25, -0.2) is 0 Å². The Kier molecular flexibility index (Phi) is 9.67. The zero-order chi connectivity index (χ0) is 25.1. The molecule has 2 N–H and O–H groups in total. The molecule has 0 bridgehead atoms. The van der Waals surface area contributed by atoms with Crippen molar-refractivity contribution in [3.63, 3.8) is 0 Å². The summed E-state index contributed by atoms with van der Waals surface area (Å²) in [5, 5.41) is 4.70. The topological polar surface area (TPSA) is 119 Å². The monoisotopic (exact) mass is 466 g/mol. The van der Waals surface area contributed by atoms with Gasteiger partial charge in [0.15, 0.2) is 12.4 Å². The van der Waals surface area contributed by atoms with Crippen molar-refractivity contribution in [3.05, 3.63) is 71.3 Å². The fraction of sp³-hybridized carbons (Fsp3) is 0.346. The molecule has 0 unspecified atom stereocenters. The SMILES string of the molecule is CC(C)(C)c1ccc(C(=O)NC(=O)COC(=O)CCNC(=O)CCC(=O)c2ccccc2)cc1. The normalized spacial score (nSPS) is 10.8. The number of benzene rings is 2. The number of ketones is 1. The van der Waals surface area contributed by atoms with E-state index in [4.69, 9.17) is 4.74 Å². The molecule has 2 aromatic carbocycles. The molecular weight excluding hydrogens is 436 g/mol. The summed E-state index contributed by atoms with van der Waals surface area (Å²) in [5.74, 6) is -2.53. The highest BCUT2D eigenvalue weighted by Gasteiger charge is 2.16. The van der Waals surface area contributed by atoms with Crippen LogP contribution in [0, 0.1) is 0 Å². The number of ether oxygens (including phenoxy) is 1. The van der Waals surface area contributed by atoms with Gasteiger partial charge in [-0.15, -0.1) is 0 Å². The third-order valence-corrected chi connectivity index (χ3v) is 4.96. The van der Waals surface area contributed by atoms with E-state index in [9.17, 15) is 24.0 Å². The minimum Gasteiger partial charge on any atom is -0.456 e. The molecule has 2 rings (SSSR count). The van der Waals surface area contributed by atoms with Gasteiger partial charge >= 0.3 is 5.97 Å². The zero-order valence-corrected chi connectivity index (χ0v) is 19.7. The van der Waals surface area contributed by atoms with Gasteiger partial charge in [0.25, 0.3) is 11.8 Å². The predicted octanol–water partition coefficient (Wildman–Crippen LogP) is 2.95. The largest absolute Gasteiger partial charge is 0.456 e. The van der Waals surface area contributed by atoms with Crippen LogP contribution in [0.2, 0.25) is 0 Å². The summed E-state index contributed by atoms with van der Waals surface area (Å²) in [6, 6.07) is 15.6. The first-order chi connectivity index (χ1) is 16.1. The Morgan fingerprint density at radius 2 is 1.41 bits per heavy atom. The number of hydrogen-bond acceptors (Lipinski definition) is 6. The number of carbonyl (C=O) groups excluding carboxylic acids is 5. The Morgan fingerprint density at radius 3 is 2.03 bits per heavy atom. The molecule has 0 saturated carbocycles. The molecule has 0 aliphatic rings. The second-order valence-corrected chi connectivity index (χ2v) is 8.75. The predicted molar refractivity (Wildman–Crippen MR) is 126 cm³/mol. The first-order valence-corrected chi connectivity index (χ1v) is 11.0. The summed E-state index contributed by atoms with van der Waals surface area (Å²) in [6.07, 6.45) is -0.0781. The molecule has 0 aliphatic carbocycles. The molecule has 0 radical (unpaired) electrons. The van der Waals surface area contributed by atoms with Gasteiger partial charge in [-0.1, -0.05) is 63.2 Å². The maximum Gasteiger partial charge on any atom is 0.308 e. The second kappa shape index (κ2) is 12.4. The molecule has 0 fully saturated rings. The highest BCUT2D eigenvalue weighted by molar-refractivity contribution is 6.05. The molecular formula is C26H30N2O6. The third-order valence-electron chi connectivity index (χ3n) is 4.96. The van der Waals surface area contributed by atoms with Crippen molar-refractivity contribution in [1.82, 2.24) is 10.6 Å². The summed E-state index contributed by atoms with van der Waals surface area (Å²) in [4.78, 5) is 59.7. The summed E-state index contributed by atoms with van der Waals surface area (Å²) >= 11 is 0. The zero-order valence-electron chi connectivity index (χ0n) is 19.7. The first-order valence-electron chi connectivity index (χ1n) is 11.0. The van der Waals surface area contributed by atoms with Crippen molar-refractivity contribution in [2.45, 2.75) is 45.4 Å². The lowest BCUT2D eigenvalue weighted by atomic mass is 9.87. The minimum atomic E-state index is -0.748. The van der Waals surface area contributed by atoms with Crippen LogP contribution >= 0.6 is 0 Å². The highest BCUT2D eigenvalue weighted by atomic mass is 16.5. The van der Waals surface area contributed by atoms with E-state index in [1.165, 1.54) is 0 Å². The van der Waals surface area contributed by atoms with Crippen molar-refractivity contribution < 1.29 is 28.7 Å². The molecule has 0 atom stereocenters. The Balaban J connectivity index is 1.63. The maximum absolute atomic E-state index is 12.2. The molecule has 0 spiro atoms. The molecule has 3 amide bonds. The number of imide groups is 1. The molecule has 0 aliphatic heterocycles. The van der Waals surface area contributed by atoms with Crippen LogP contribution in [0.25, 0.3) is 0 Å².